The van der Waals surface area contributed by atoms with E-state index in [-0.39, 0.29) is 6.61 Å². The van der Waals surface area contributed by atoms with Gasteiger partial charge in [-0.25, -0.2) is 4.98 Å². The van der Waals surface area contributed by atoms with Crippen molar-refractivity contribution in [2.45, 2.75) is 26.2 Å². The summed E-state index contributed by atoms with van der Waals surface area (Å²) in [6.45, 7) is 3.10. The number of nitrogens with two attached hydrogens (primary N) is 1. The average Bonchev–Trinajstić information content (AvgIpc) is 2.30. The summed E-state index contributed by atoms with van der Waals surface area (Å²) in [5.41, 5.74) is 6.38. The molecule has 4 nitrogen and oxygen atoms in total. The van der Waals surface area contributed by atoms with Gasteiger partial charge in [0.1, 0.15) is 5.15 Å². The van der Waals surface area contributed by atoms with Crippen molar-refractivity contribution in [3.05, 3.63) is 17.3 Å². The van der Waals surface area contributed by atoms with Crippen LogP contribution in [0.25, 0.3) is 0 Å². The van der Waals surface area contributed by atoms with Gasteiger partial charge in [0.25, 0.3) is 0 Å². The lowest BCUT2D eigenvalue weighted by Crippen LogP contribution is -2.17. The maximum Gasteiger partial charge on any atom is 0.150 e. The number of nitrogens with one attached hydrogen (secondary N) is 1. The van der Waals surface area contributed by atoms with E-state index in [1.54, 1.807) is 12.1 Å². The number of aromatic nitrogens is 1. The first-order valence-corrected chi connectivity index (χ1v) is 6.32. The quantitative estimate of drug-likeness (QED) is 0.657. The molecule has 1 aromatic heterocycles. The molecule has 0 aliphatic heterocycles. The zero-order valence-corrected chi connectivity index (χ0v) is 10.9. The van der Waals surface area contributed by atoms with Gasteiger partial charge < -0.3 is 16.2 Å². The molecular weight excluding hydrogens is 238 g/mol. The van der Waals surface area contributed by atoms with E-state index in [1.165, 1.54) is 0 Å². The lowest BCUT2D eigenvalue weighted by atomic mass is 10.0. The third kappa shape index (κ3) is 4.79. The van der Waals surface area contributed by atoms with E-state index in [1.807, 2.05) is 0 Å². The van der Waals surface area contributed by atoms with Gasteiger partial charge in [-0.3, -0.25) is 0 Å². The van der Waals surface area contributed by atoms with Crippen molar-refractivity contribution in [2.24, 2.45) is 5.92 Å². The molecule has 0 amide bonds. The second-order valence-electron chi connectivity index (χ2n) is 4.12. The Hall–Kier alpha value is -1.00. The Labute approximate surface area is 107 Å². The summed E-state index contributed by atoms with van der Waals surface area (Å²) in [6.07, 6.45) is 2.97. The van der Waals surface area contributed by atoms with Crippen molar-refractivity contribution in [3.8, 4) is 0 Å². The van der Waals surface area contributed by atoms with Crippen molar-refractivity contribution >= 4 is 23.1 Å². The van der Waals surface area contributed by atoms with E-state index in [0.717, 1.165) is 25.8 Å². The van der Waals surface area contributed by atoms with Gasteiger partial charge in [-0.05, 0) is 30.9 Å². The summed E-state index contributed by atoms with van der Waals surface area (Å²) in [4.78, 5) is 4.13. The molecule has 0 spiro atoms. The molecule has 1 heterocycles. The molecule has 1 atom stereocenters. The normalized spacial score (nSPS) is 12.4. The minimum atomic E-state index is 0.213. The zero-order valence-electron chi connectivity index (χ0n) is 10.1. The van der Waals surface area contributed by atoms with Gasteiger partial charge in [-0.1, -0.05) is 24.9 Å². The van der Waals surface area contributed by atoms with Crippen LogP contribution < -0.4 is 11.1 Å². The summed E-state index contributed by atoms with van der Waals surface area (Å²) < 4.78 is 0. The smallest absolute Gasteiger partial charge is 0.150 e. The van der Waals surface area contributed by atoms with Crippen molar-refractivity contribution in [1.82, 2.24) is 4.98 Å². The maximum atomic E-state index is 8.97. The Morgan fingerprint density at radius 1 is 1.47 bits per heavy atom. The van der Waals surface area contributed by atoms with Crippen molar-refractivity contribution < 1.29 is 5.11 Å². The predicted molar refractivity (Wildman–Crippen MR) is 72.2 cm³/mol. The number of anilines is 2. The Morgan fingerprint density at radius 2 is 2.24 bits per heavy atom. The molecule has 96 valence electrons. The van der Waals surface area contributed by atoms with Gasteiger partial charge in [-0.15, -0.1) is 0 Å². The standard InChI is InChI=1S/C12H20ClN3O/c1-2-3-9(6-7-17)8-15-12-10(14)4-5-11(13)16-12/h4-5,9,17H,2-3,6-8,14H2,1H3,(H,15,16). The Balaban J connectivity index is 2.55. The van der Waals surface area contributed by atoms with Gasteiger partial charge in [0, 0.05) is 13.2 Å². The van der Waals surface area contributed by atoms with E-state index < -0.39 is 0 Å². The summed E-state index contributed by atoms with van der Waals surface area (Å²) in [5, 5.41) is 12.6. The number of aliphatic hydroxyl groups is 1. The highest BCUT2D eigenvalue weighted by molar-refractivity contribution is 6.29. The fourth-order valence-corrected chi connectivity index (χ4v) is 1.92. The summed E-state index contributed by atoms with van der Waals surface area (Å²) in [5.74, 6) is 1.06. The fraction of sp³-hybridized carbons (Fsp3) is 0.583. The minimum Gasteiger partial charge on any atom is -0.396 e. The summed E-state index contributed by atoms with van der Waals surface area (Å²) >= 11 is 5.81. The maximum absolute atomic E-state index is 8.97. The first-order chi connectivity index (χ1) is 8.17. The second kappa shape index (κ2) is 7.35. The van der Waals surface area contributed by atoms with Crippen molar-refractivity contribution in [3.63, 3.8) is 0 Å². The Morgan fingerprint density at radius 3 is 2.88 bits per heavy atom. The van der Waals surface area contributed by atoms with Gasteiger partial charge >= 0.3 is 0 Å². The lowest BCUT2D eigenvalue weighted by molar-refractivity contribution is 0.255. The van der Waals surface area contributed by atoms with Crippen LogP contribution in [0.3, 0.4) is 0 Å². The van der Waals surface area contributed by atoms with Crippen LogP contribution >= 0.6 is 11.6 Å². The molecule has 0 saturated heterocycles. The summed E-state index contributed by atoms with van der Waals surface area (Å²) in [6, 6.07) is 3.40. The highest BCUT2D eigenvalue weighted by Crippen LogP contribution is 2.20. The minimum absolute atomic E-state index is 0.213. The number of nitrogens with zero attached hydrogens (tertiary/aromatic N) is 1. The Bertz CT molecular complexity index is 341. The first kappa shape index (κ1) is 14.1. The van der Waals surface area contributed by atoms with Gasteiger partial charge in [0.2, 0.25) is 0 Å². The van der Waals surface area contributed by atoms with Crippen LogP contribution in [0.2, 0.25) is 5.15 Å². The first-order valence-electron chi connectivity index (χ1n) is 5.94. The fourth-order valence-electron chi connectivity index (χ4n) is 1.77. The molecule has 4 N–H and O–H groups in total. The number of aliphatic hydroxyl groups excluding tert-OH is 1. The van der Waals surface area contributed by atoms with Crippen LogP contribution in [0.1, 0.15) is 26.2 Å². The van der Waals surface area contributed by atoms with Crippen LogP contribution in [-0.4, -0.2) is 23.2 Å². The molecule has 1 aromatic rings. The number of nitrogen functional groups attached to an aromatic ring is 1. The number of rotatable bonds is 7. The summed E-state index contributed by atoms with van der Waals surface area (Å²) in [7, 11) is 0. The van der Waals surface area contributed by atoms with Crippen LogP contribution in [0, 0.1) is 5.92 Å². The van der Waals surface area contributed by atoms with Gasteiger partial charge in [0.05, 0.1) is 5.69 Å². The van der Waals surface area contributed by atoms with Crippen LogP contribution in [-0.2, 0) is 0 Å². The van der Waals surface area contributed by atoms with E-state index in [0.29, 0.717) is 22.6 Å². The largest absolute Gasteiger partial charge is 0.396 e. The second-order valence-corrected chi connectivity index (χ2v) is 4.51. The van der Waals surface area contributed by atoms with Gasteiger partial charge in [-0.2, -0.15) is 0 Å². The highest BCUT2D eigenvalue weighted by atomic mass is 35.5. The molecule has 0 bridgehead atoms. The zero-order chi connectivity index (χ0) is 12.7. The third-order valence-electron chi connectivity index (χ3n) is 2.68. The van der Waals surface area contributed by atoms with Gasteiger partial charge in [0.15, 0.2) is 5.82 Å². The SMILES string of the molecule is CCCC(CCO)CNc1nc(Cl)ccc1N. The van der Waals surface area contributed by atoms with Crippen molar-refractivity contribution in [1.29, 1.82) is 0 Å². The third-order valence-corrected chi connectivity index (χ3v) is 2.90. The number of pyridine rings is 1. The molecule has 0 radical (unpaired) electrons. The topological polar surface area (TPSA) is 71.2 Å². The van der Waals surface area contributed by atoms with E-state index >= 15 is 0 Å². The molecule has 0 saturated carbocycles. The molecule has 1 rings (SSSR count). The van der Waals surface area contributed by atoms with E-state index in [9.17, 15) is 0 Å². The average molecular weight is 258 g/mol. The Kier molecular flexibility index (Phi) is 6.08. The molecular formula is C12H20ClN3O. The molecule has 0 fully saturated rings. The van der Waals surface area contributed by atoms with Crippen LogP contribution in [0.5, 0.6) is 0 Å². The number of halogens is 1. The number of hydrogen-bond donors (Lipinski definition) is 3. The predicted octanol–water partition coefficient (Wildman–Crippen LogP) is 2.53. The monoisotopic (exact) mass is 257 g/mol. The number of hydrogen-bond acceptors (Lipinski definition) is 4. The highest BCUT2D eigenvalue weighted by Gasteiger charge is 2.08. The van der Waals surface area contributed by atoms with Crippen molar-refractivity contribution in [2.75, 3.05) is 24.2 Å². The molecule has 0 aliphatic carbocycles. The molecule has 5 heteroatoms. The lowest BCUT2D eigenvalue weighted by Gasteiger charge is -2.16. The van der Waals surface area contributed by atoms with Crippen LogP contribution in [0.15, 0.2) is 12.1 Å². The molecule has 0 aromatic carbocycles. The molecule has 1 unspecified atom stereocenters. The molecule has 17 heavy (non-hydrogen) atoms. The van der Waals surface area contributed by atoms with E-state index in [4.69, 9.17) is 22.4 Å². The van der Waals surface area contributed by atoms with E-state index in [2.05, 4.69) is 17.2 Å². The van der Waals surface area contributed by atoms with Crippen LogP contribution in [0.4, 0.5) is 11.5 Å². The molecule has 0 aliphatic rings.